The molecule has 2 aliphatic rings. The molecule has 5 heteroatoms. The normalized spacial score (nSPS) is 18.8. The van der Waals surface area contributed by atoms with Crippen LogP contribution in [-0.2, 0) is 9.59 Å². The Morgan fingerprint density at radius 2 is 1.71 bits per heavy atom. The molecule has 2 aromatic rings. The number of hydrogen-bond acceptors (Lipinski definition) is 3. The highest BCUT2D eigenvalue weighted by molar-refractivity contribution is 6.31. The molecule has 0 atom stereocenters. The third-order valence-electron chi connectivity index (χ3n) is 5.58. The summed E-state index contributed by atoms with van der Waals surface area (Å²) in [5.74, 6) is 0.149. The average molecular weight is 376 g/mol. The number of para-hydroxylation sites is 1. The van der Waals surface area contributed by atoms with E-state index in [0.29, 0.717) is 11.8 Å². The molecule has 28 heavy (non-hydrogen) atoms. The molecule has 2 amide bonds. The van der Waals surface area contributed by atoms with E-state index in [2.05, 4.69) is 5.43 Å². The number of carbonyl (C=O) groups excluding carboxylic acids is 2. The van der Waals surface area contributed by atoms with Gasteiger partial charge < -0.3 is 4.74 Å². The first-order chi connectivity index (χ1) is 13.5. The molecule has 1 heterocycles. The van der Waals surface area contributed by atoms with Crippen LogP contribution < -0.4 is 15.2 Å². The van der Waals surface area contributed by atoms with Gasteiger partial charge in [-0.15, -0.1) is 0 Å². The van der Waals surface area contributed by atoms with E-state index in [0.717, 1.165) is 35.3 Å². The van der Waals surface area contributed by atoms with Gasteiger partial charge in [-0.05, 0) is 80.5 Å². The fraction of sp³-hybridized carbons (Fsp3) is 0.304. The first-order valence-corrected chi connectivity index (χ1v) is 9.73. The molecule has 0 unspecified atom stereocenters. The fourth-order valence-electron chi connectivity index (χ4n) is 3.76. The van der Waals surface area contributed by atoms with Gasteiger partial charge in [-0.1, -0.05) is 24.3 Å². The second kappa shape index (κ2) is 7.50. The van der Waals surface area contributed by atoms with Crippen LogP contribution in [0.2, 0.25) is 0 Å². The zero-order valence-corrected chi connectivity index (χ0v) is 16.2. The molecule has 0 radical (unpaired) electrons. The molecule has 144 valence electrons. The Morgan fingerprint density at radius 3 is 2.43 bits per heavy atom. The molecule has 1 saturated heterocycles. The largest absolute Gasteiger partial charge is 0.490 e. The maximum absolute atomic E-state index is 12.8. The highest BCUT2D eigenvalue weighted by Crippen LogP contribution is 2.31. The first-order valence-electron chi connectivity index (χ1n) is 9.73. The monoisotopic (exact) mass is 376 g/mol. The van der Waals surface area contributed by atoms with Crippen molar-refractivity contribution in [2.45, 2.75) is 45.6 Å². The van der Waals surface area contributed by atoms with Gasteiger partial charge in [-0.25, -0.2) is 5.01 Å². The van der Waals surface area contributed by atoms with E-state index in [1.807, 2.05) is 44.2 Å². The molecule has 0 bridgehead atoms. The standard InChI is InChI=1S/C23H24N2O3/c1-15-16(2)21(28-19-10-6-7-11-19)13-12-17(15)14-20-22(26)24-25(23(20)27)18-8-4-3-5-9-18/h3-5,8-9,12-14,19H,6-7,10-11H2,1-2H3,(H,24,26)/b20-14-. The lowest BCUT2D eigenvalue weighted by atomic mass is 10.00. The number of rotatable bonds is 4. The van der Waals surface area contributed by atoms with Gasteiger partial charge in [0.2, 0.25) is 0 Å². The third-order valence-corrected chi connectivity index (χ3v) is 5.58. The van der Waals surface area contributed by atoms with E-state index in [4.69, 9.17) is 4.74 Å². The minimum absolute atomic E-state index is 0.135. The summed E-state index contributed by atoms with van der Waals surface area (Å²) in [6, 6.07) is 13.0. The average Bonchev–Trinajstić information content (AvgIpc) is 3.31. The number of hydrazine groups is 1. The predicted octanol–water partition coefficient (Wildman–Crippen LogP) is 4.09. The van der Waals surface area contributed by atoms with Crippen molar-refractivity contribution in [2.75, 3.05) is 5.01 Å². The van der Waals surface area contributed by atoms with E-state index in [1.165, 1.54) is 17.9 Å². The number of ether oxygens (including phenoxy) is 1. The molecule has 1 N–H and O–H groups in total. The highest BCUT2D eigenvalue weighted by Gasteiger charge is 2.34. The van der Waals surface area contributed by atoms with Gasteiger partial charge in [-0.2, -0.15) is 0 Å². The summed E-state index contributed by atoms with van der Waals surface area (Å²) in [7, 11) is 0. The van der Waals surface area contributed by atoms with Gasteiger partial charge in [0.15, 0.2) is 0 Å². The van der Waals surface area contributed by atoms with Crippen LogP contribution in [0.1, 0.15) is 42.4 Å². The van der Waals surface area contributed by atoms with Crippen molar-refractivity contribution < 1.29 is 14.3 Å². The smallest absolute Gasteiger partial charge is 0.282 e. The zero-order chi connectivity index (χ0) is 19.7. The molecule has 1 saturated carbocycles. The van der Waals surface area contributed by atoms with E-state index < -0.39 is 5.91 Å². The minimum Gasteiger partial charge on any atom is -0.490 e. The van der Waals surface area contributed by atoms with Gasteiger partial charge in [-0.3, -0.25) is 15.0 Å². The fourth-order valence-corrected chi connectivity index (χ4v) is 3.76. The number of nitrogens with zero attached hydrogens (tertiary/aromatic N) is 1. The Morgan fingerprint density at radius 1 is 1.00 bits per heavy atom. The van der Waals surface area contributed by atoms with E-state index in [-0.39, 0.29) is 11.5 Å². The highest BCUT2D eigenvalue weighted by atomic mass is 16.5. The maximum atomic E-state index is 12.8. The number of carbonyl (C=O) groups is 2. The number of amides is 2. The van der Waals surface area contributed by atoms with Crippen molar-refractivity contribution in [1.29, 1.82) is 0 Å². The van der Waals surface area contributed by atoms with Crippen molar-refractivity contribution in [1.82, 2.24) is 5.43 Å². The summed E-state index contributed by atoms with van der Waals surface area (Å²) in [4.78, 5) is 25.2. The number of anilines is 1. The van der Waals surface area contributed by atoms with E-state index in [9.17, 15) is 9.59 Å². The van der Waals surface area contributed by atoms with Crippen molar-refractivity contribution >= 4 is 23.6 Å². The van der Waals surface area contributed by atoms with Crippen LogP contribution in [0.15, 0.2) is 48.0 Å². The van der Waals surface area contributed by atoms with Crippen LogP contribution in [0.3, 0.4) is 0 Å². The lowest BCUT2D eigenvalue weighted by Gasteiger charge is -2.17. The van der Waals surface area contributed by atoms with Crippen molar-refractivity contribution in [3.05, 3.63) is 64.7 Å². The molecule has 0 spiro atoms. The summed E-state index contributed by atoms with van der Waals surface area (Å²) in [6.07, 6.45) is 6.62. The lowest BCUT2D eigenvalue weighted by Crippen LogP contribution is -2.35. The second-order valence-corrected chi connectivity index (χ2v) is 7.40. The van der Waals surface area contributed by atoms with Crippen LogP contribution in [-0.4, -0.2) is 17.9 Å². The second-order valence-electron chi connectivity index (χ2n) is 7.40. The Hall–Kier alpha value is -3.08. The number of hydrogen-bond donors (Lipinski definition) is 1. The Kier molecular flexibility index (Phi) is 4.90. The Balaban J connectivity index is 1.60. The van der Waals surface area contributed by atoms with Crippen LogP contribution in [0.4, 0.5) is 5.69 Å². The van der Waals surface area contributed by atoms with E-state index in [1.54, 1.807) is 18.2 Å². The van der Waals surface area contributed by atoms with Gasteiger partial charge in [0.25, 0.3) is 11.8 Å². The summed E-state index contributed by atoms with van der Waals surface area (Å²) >= 11 is 0. The molecule has 1 aliphatic heterocycles. The lowest BCUT2D eigenvalue weighted by molar-refractivity contribution is -0.117. The van der Waals surface area contributed by atoms with Gasteiger partial charge >= 0.3 is 0 Å². The van der Waals surface area contributed by atoms with Crippen molar-refractivity contribution in [3.63, 3.8) is 0 Å². The summed E-state index contributed by atoms with van der Waals surface area (Å²) in [6.45, 7) is 4.02. The van der Waals surface area contributed by atoms with Gasteiger partial charge in [0.05, 0.1) is 11.8 Å². The van der Waals surface area contributed by atoms with E-state index >= 15 is 0 Å². The SMILES string of the molecule is Cc1c(/C=C2/C(=O)NN(c3ccccc3)C2=O)ccc(OC2CCCC2)c1C. The summed E-state index contributed by atoms with van der Waals surface area (Å²) < 4.78 is 6.15. The quantitative estimate of drug-likeness (QED) is 0.646. The molecule has 0 aromatic heterocycles. The topological polar surface area (TPSA) is 58.6 Å². The summed E-state index contributed by atoms with van der Waals surface area (Å²) in [5, 5.41) is 1.29. The molecule has 5 nitrogen and oxygen atoms in total. The first kappa shape index (κ1) is 18.3. The minimum atomic E-state index is -0.391. The number of nitrogens with one attached hydrogen (secondary N) is 1. The van der Waals surface area contributed by atoms with Crippen LogP contribution in [0.25, 0.3) is 6.08 Å². The molecular formula is C23H24N2O3. The predicted molar refractivity (Wildman–Crippen MR) is 109 cm³/mol. The Bertz CT molecular complexity index is 944. The van der Waals surface area contributed by atoms with Gasteiger partial charge in [0, 0.05) is 0 Å². The number of benzene rings is 2. The molecule has 2 aromatic carbocycles. The van der Waals surface area contributed by atoms with Crippen LogP contribution >= 0.6 is 0 Å². The Labute approximate surface area is 165 Å². The zero-order valence-electron chi connectivity index (χ0n) is 16.2. The molecule has 1 aliphatic carbocycles. The van der Waals surface area contributed by atoms with Gasteiger partial charge in [0.1, 0.15) is 11.3 Å². The molecule has 4 rings (SSSR count). The molecular weight excluding hydrogens is 352 g/mol. The third kappa shape index (κ3) is 3.40. The van der Waals surface area contributed by atoms with Crippen molar-refractivity contribution in [3.8, 4) is 5.75 Å². The van der Waals surface area contributed by atoms with Crippen molar-refractivity contribution in [2.24, 2.45) is 0 Å². The van der Waals surface area contributed by atoms with Crippen LogP contribution in [0, 0.1) is 13.8 Å². The molecule has 2 fully saturated rings. The summed E-state index contributed by atoms with van der Waals surface area (Å²) in [5.41, 5.74) is 6.32. The van der Waals surface area contributed by atoms with Crippen LogP contribution in [0.5, 0.6) is 5.75 Å². The maximum Gasteiger partial charge on any atom is 0.282 e.